The molecule has 12 heteroatoms. The Hall–Kier alpha value is -7.86. The Bertz CT molecular complexity index is 2470. The van der Waals surface area contributed by atoms with Crippen molar-refractivity contribution in [2.75, 3.05) is 0 Å². The summed E-state index contributed by atoms with van der Waals surface area (Å²) in [6.45, 7) is 40.8. The van der Waals surface area contributed by atoms with Crippen LogP contribution < -0.4 is 0 Å². The summed E-state index contributed by atoms with van der Waals surface area (Å²) in [5.74, 6) is -2.68. The van der Waals surface area contributed by atoms with Gasteiger partial charge in [0, 0.05) is 53.7 Å². The van der Waals surface area contributed by atoms with Crippen molar-refractivity contribution >= 4 is 69.4 Å². The molecule has 0 aliphatic carbocycles. The van der Waals surface area contributed by atoms with Crippen LogP contribution in [0.4, 0.5) is 0 Å². The van der Waals surface area contributed by atoms with E-state index in [9.17, 15) is 57.5 Å². The number of ketones is 12. The lowest BCUT2D eigenvalue weighted by atomic mass is 9.86. The zero-order valence-corrected chi connectivity index (χ0v) is 45.6. The Labute approximate surface area is 438 Å². The van der Waals surface area contributed by atoms with E-state index in [1.807, 2.05) is 32.0 Å². The van der Waals surface area contributed by atoms with Crippen LogP contribution in [0.1, 0.15) is 153 Å². The van der Waals surface area contributed by atoms with Crippen molar-refractivity contribution in [1.29, 1.82) is 0 Å². The summed E-state index contributed by atoms with van der Waals surface area (Å²) in [6, 6.07) is 26.0. The highest BCUT2D eigenvalue weighted by atomic mass is 16.2. The minimum Gasteiger partial charge on any atom is -0.294 e. The van der Waals surface area contributed by atoms with E-state index in [0.717, 1.165) is 12.8 Å². The van der Waals surface area contributed by atoms with E-state index in [1.54, 1.807) is 121 Å². The molecule has 3 rings (SSSR count). The number of Topliss-reactive ketones (excluding diaryl/α,β-unsaturated/α-hetero) is 12. The van der Waals surface area contributed by atoms with E-state index in [4.69, 9.17) is 0 Å². The highest BCUT2D eigenvalue weighted by Crippen LogP contribution is 2.19. The Morgan fingerprint density at radius 3 is 0.865 bits per heavy atom. The first-order valence-electron chi connectivity index (χ1n) is 24.0. The van der Waals surface area contributed by atoms with Crippen LogP contribution in [0.3, 0.4) is 0 Å². The summed E-state index contributed by atoms with van der Waals surface area (Å²) in [6.07, 6.45) is 3.16. The second kappa shape index (κ2) is 37.0. The minimum atomic E-state index is -0.497. The van der Waals surface area contributed by atoms with E-state index in [-0.39, 0.29) is 109 Å². The van der Waals surface area contributed by atoms with Gasteiger partial charge in [0.25, 0.3) is 0 Å². The second-order valence-electron chi connectivity index (χ2n) is 17.6. The maximum Gasteiger partial charge on any atom is 0.196 e. The molecule has 3 aromatic carbocycles. The Kier molecular flexibility index (Phi) is 35.2. The fourth-order valence-corrected chi connectivity index (χ4v) is 5.18. The largest absolute Gasteiger partial charge is 0.294 e. The molecule has 0 atom stereocenters. The molecule has 0 aromatic heterocycles. The van der Waals surface area contributed by atoms with Gasteiger partial charge < -0.3 is 0 Å². The highest BCUT2D eigenvalue weighted by Gasteiger charge is 2.25. The first-order valence-corrected chi connectivity index (χ1v) is 24.0. The lowest BCUT2D eigenvalue weighted by Gasteiger charge is -2.16. The molecule has 0 spiro atoms. The Balaban J connectivity index is -0.000000831. The van der Waals surface area contributed by atoms with Crippen LogP contribution in [0.15, 0.2) is 164 Å². The van der Waals surface area contributed by atoms with Gasteiger partial charge in [0.05, 0.1) is 33.4 Å². The summed E-state index contributed by atoms with van der Waals surface area (Å²) < 4.78 is 0. The number of carbonyl (C=O) groups is 12. The average Bonchev–Trinajstić information content (AvgIpc) is 3.39. The molecule has 12 nitrogen and oxygen atoms in total. The summed E-state index contributed by atoms with van der Waals surface area (Å²) >= 11 is 0. The smallest absolute Gasteiger partial charge is 0.196 e. The maximum absolute atomic E-state index is 12.0. The van der Waals surface area contributed by atoms with Crippen molar-refractivity contribution in [3.8, 4) is 0 Å². The van der Waals surface area contributed by atoms with Gasteiger partial charge in [-0.25, -0.2) is 0 Å². The molecule has 0 unspecified atom stereocenters. The molecule has 0 amide bonds. The van der Waals surface area contributed by atoms with Gasteiger partial charge >= 0.3 is 0 Å². The minimum absolute atomic E-state index is 0.00704. The lowest BCUT2D eigenvalue weighted by molar-refractivity contribution is -0.126. The lowest BCUT2D eigenvalue weighted by Crippen LogP contribution is -2.24. The zero-order valence-electron chi connectivity index (χ0n) is 45.6. The molecular weight excluding hydrogens is 937 g/mol. The standard InChI is InChI=1S/C16H12O2.C11H10O2.C10H16O2.C9H14O2.2C8H12O2/c1-12(15(17)13-8-4-2-5-9-13)16(18)14-10-6-3-7-11-14;1-8(9(2)12)11(13)10-6-4-3-5-7-10;1-4-6-9(11)8(3)10(12)7-5-2;1-6(7(2)10)8(11)9(3,4)5;1-5(2)8(10)6(3)7(4)9;1-4-7(9)6(3)8(10)5-2/h2-11H,1H2;3-7H,1H2,2H3;3-7H2,1-2H3;1H2,2-5H3;5H,3H2,1-2,4H3;3-5H2,1-2H3. The topological polar surface area (TPSA) is 205 Å². The SMILES string of the molecule is C=C(C(=O)CC)C(=O)CC.C=C(C(=O)CCC)C(=O)CCC.C=C(C(=O)c1ccccc1)C(=O)c1ccccc1.C=C(C(C)=O)C(=O)C(C)(C)C.C=C(C(C)=O)C(=O)C(C)C.C=C(C(C)=O)C(=O)c1ccccc1. The molecule has 0 aliphatic heterocycles. The molecule has 3 aromatic rings. The maximum atomic E-state index is 12.0. The number of carbonyl (C=O) groups excluding carboxylic acids is 12. The molecule has 0 radical (unpaired) electrons. The van der Waals surface area contributed by atoms with E-state index in [2.05, 4.69) is 39.5 Å². The average molecular weight is 1010 g/mol. The normalized spacial score (nSPS) is 9.69. The fraction of sp³-hybridized carbons (Fsp3) is 0.323. The molecule has 0 heterocycles. The third-order valence-corrected chi connectivity index (χ3v) is 9.92. The van der Waals surface area contributed by atoms with E-state index >= 15 is 0 Å². The van der Waals surface area contributed by atoms with E-state index in [1.165, 1.54) is 20.8 Å². The predicted molar refractivity (Wildman–Crippen MR) is 294 cm³/mol. The summed E-state index contributed by atoms with van der Waals surface area (Å²) in [7, 11) is 0. The summed E-state index contributed by atoms with van der Waals surface area (Å²) in [5, 5.41) is 0. The van der Waals surface area contributed by atoms with Gasteiger partial charge in [0.15, 0.2) is 69.4 Å². The predicted octanol–water partition coefficient (Wildman–Crippen LogP) is 12.2. The molecule has 74 heavy (non-hydrogen) atoms. The highest BCUT2D eigenvalue weighted by molar-refractivity contribution is 6.30. The van der Waals surface area contributed by atoms with Gasteiger partial charge in [-0.2, -0.15) is 0 Å². The van der Waals surface area contributed by atoms with Gasteiger partial charge in [-0.3, -0.25) is 57.5 Å². The van der Waals surface area contributed by atoms with Crippen molar-refractivity contribution in [2.24, 2.45) is 11.3 Å². The van der Waals surface area contributed by atoms with Crippen molar-refractivity contribution in [1.82, 2.24) is 0 Å². The van der Waals surface area contributed by atoms with Crippen molar-refractivity contribution in [2.45, 2.75) is 122 Å². The molecule has 0 saturated heterocycles. The third-order valence-electron chi connectivity index (χ3n) is 9.92. The molecule has 0 N–H and O–H groups in total. The van der Waals surface area contributed by atoms with Gasteiger partial charge in [-0.15, -0.1) is 0 Å². The van der Waals surface area contributed by atoms with Crippen LogP contribution in [0.2, 0.25) is 0 Å². The van der Waals surface area contributed by atoms with E-state index in [0.29, 0.717) is 42.4 Å². The van der Waals surface area contributed by atoms with Crippen LogP contribution in [-0.4, -0.2) is 69.4 Å². The third kappa shape index (κ3) is 27.7. The van der Waals surface area contributed by atoms with Crippen LogP contribution in [0.5, 0.6) is 0 Å². The number of hydrogen-bond donors (Lipinski definition) is 0. The summed E-state index contributed by atoms with van der Waals surface area (Å²) in [5.41, 5.74) is 1.51. The molecule has 0 aliphatic rings. The van der Waals surface area contributed by atoms with Gasteiger partial charge in [0.2, 0.25) is 0 Å². The van der Waals surface area contributed by atoms with Gasteiger partial charge in [-0.1, -0.05) is 193 Å². The quantitative estimate of drug-likeness (QED) is 0.0399. The second-order valence-corrected chi connectivity index (χ2v) is 17.6. The number of allylic oxidation sites excluding steroid dienone is 6. The van der Waals surface area contributed by atoms with Crippen molar-refractivity contribution in [3.63, 3.8) is 0 Å². The van der Waals surface area contributed by atoms with Crippen LogP contribution in [-0.2, 0) is 43.2 Å². The fourth-order valence-electron chi connectivity index (χ4n) is 5.18. The van der Waals surface area contributed by atoms with Gasteiger partial charge in [0.1, 0.15) is 0 Å². The number of rotatable bonds is 22. The Morgan fingerprint density at radius 1 is 0.392 bits per heavy atom. The molecule has 396 valence electrons. The zero-order chi connectivity index (χ0) is 58.1. The molecule has 0 fully saturated rings. The van der Waals surface area contributed by atoms with Crippen LogP contribution in [0, 0.1) is 11.3 Å². The van der Waals surface area contributed by atoms with Crippen molar-refractivity contribution < 1.29 is 57.5 Å². The van der Waals surface area contributed by atoms with E-state index < -0.39 is 5.41 Å². The summed E-state index contributed by atoms with van der Waals surface area (Å²) in [4.78, 5) is 134. The van der Waals surface area contributed by atoms with Crippen LogP contribution in [0.25, 0.3) is 0 Å². The van der Waals surface area contributed by atoms with Gasteiger partial charge in [-0.05, 0) is 33.6 Å². The number of hydrogen-bond acceptors (Lipinski definition) is 12. The molecule has 0 saturated carbocycles. The monoisotopic (exact) mass is 1010 g/mol. The van der Waals surface area contributed by atoms with Crippen molar-refractivity contribution in [3.05, 3.63) is 181 Å². The van der Waals surface area contributed by atoms with Crippen LogP contribution >= 0.6 is 0 Å². The first-order chi connectivity index (χ1) is 34.3. The number of benzene rings is 3. The Morgan fingerprint density at radius 2 is 0.662 bits per heavy atom. The molecular formula is C62H76O12. The molecule has 0 bridgehead atoms. The first kappa shape index (κ1) is 70.4.